The zero-order valence-corrected chi connectivity index (χ0v) is 17.4. The first-order valence-electron chi connectivity index (χ1n) is 9.56. The lowest BCUT2D eigenvalue weighted by Crippen LogP contribution is -2.33. The average molecular weight is 433 g/mol. The number of aromatic nitrogens is 2. The van der Waals surface area contributed by atoms with Crippen molar-refractivity contribution < 1.29 is 23.3 Å². The highest BCUT2D eigenvalue weighted by Crippen LogP contribution is 2.33. The minimum Gasteiger partial charge on any atom is -0.444 e. The van der Waals surface area contributed by atoms with Gasteiger partial charge in [-0.2, -0.15) is 5.10 Å². The van der Waals surface area contributed by atoms with E-state index in [0.717, 1.165) is 16.9 Å². The van der Waals surface area contributed by atoms with Gasteiger partial charge in [-0.25, -0.2) is 13.8 Å². The maximum atomic E-state index is 12.2. The number of aromatic amines is 1. The van der Waals surface area contributed by atoms with Gasteiger partial charge in [-0.15, -0.1) is 0 Å². The van der Waals surface area contributed by atoms with E-state index in [1.807, 2.05) is 26.0 Å². The zero-order chi connectivity index (χ0) is 21.3. The van der Waals surface area contributed by atoms with E-state index in [1.165, 1.54) is 0 Å². The van der Waals surface area contributed by atoms with Crippen molar-refractivity contribution in [1.29, 1.82) is 0 Å². The fourth-order valence-corrected chi connectivity index (χ4v) is 4.81. The highest BCUT2D eigenvalue weighted by molar-refractivity contribution is 8.01. The Morgan fingerprint density at radius 2 is 2.23 bits per heavy atom. The molecule has 30 heavy (non-hydrogen) atoms. The summed E-state index contributed by atoms with van der Waals surface area (Å²) in [6.07, 6.45) is -0.480. The summed E-state index contributed by atoms with van der Waals surface area (Å²) in [6, 6.07) is 7.23. The Hall–Kier alpha value is -3.01. The number of anilines is 3. The van der Waals surface area contributed by atoms with E-state index in [1.54, 1.807) is 17.4 Å². The molecule has 2 aliphatic heterocycles. The molecular weight excluding hydrogens is 410 g/mol. The van der Waals surface area contributed by atoms with Crippen molar-refractivity contribution in [2.45, 2.75) is 44.3 Å². The summed E-state index contributed by atoms with van der Waals surface area (Å²) in [5.74, 6) is 0.707. The Morgan fingerprint density at radius 3 is 3.00 bits per heavy atom. The van der Waals surface area contributed by atoms with Crippen LogP contribution in [0.3, 0.4) is 0 Å². The number of nitrogens with zero attached hydrogens (tertiary/aromatic N) is 1. The van der Waals surface area contributed by atoms with Gasteiger partial charge in [-0.3, -0.25) is 5.10 Å². The fourth-order valence-electron chi connectivity index (χ4n) is 3.41. The maximum absolute atomic E-state index is 12.2. The smallest absolute Gasteiger partial charge is 0.407 e. The van der Waals surface area contributed by atoms with Crippen LogP contribution >= 0.6 is 0 Å². The first-order valence-corrected chi connectivity index (χ1v) is 11.3. The summed E-state index contributed by atoms with van der Waals surface area (Å²) in [5.41, 5.74) is 2.97. The van der Waals surface area contributed by atoms with Crippen molar-refractivity contribution in [2.75, 3.05) is 16.6 Å². The molecule has 1 aromatic carbocycles. The molecule has 1 fully saturated rings. The number of carbonyl (C=O) groups is 1. The predicted molar refractivity (Wildman–Crippen MR) is 111 cm³/mol. The summed E-state index contributed by atoms with van der Waals surface area (Å²) in [5, 5.41) is 14.7. The van der Waals surface area contributed by atoms with Crippen LogP contribution in [-0.4, -0.2) is 44.5 Å². The molecule has 1 unspecified atom stereocenters. The van der Waals surface area contributed by atoms with Crippen molar-refractivity contribution in [3.05, 3.63) is 35.5 Å². The molecule has 4 N–H and O–H groups in total. The van der Waals surface area contributed by atoms with Gasteiger partial charge in [-0.05, 0) is 37.6 Å². The Morgan fingerprint density at radius 1 is 1.40 bits per heavy atom. The minimum atomic E-state index is -2.83. The third kappa shape index (κ3) is 4.43. The van der Waals surface area contributed by atoms with Gasteiger partial charge in [0.1, 0.15) is 21.9 Å². The predicted octanol–water partition coefficient (Wildman–Crippen LogP) is 2.31. The van der Waals surface area contributed by atoms with Crippen LogP contribution in [0.15, 0.2) is 24.3 Å². The van der Waals surface area contributed by atoms with Gasteiger partial charge in [0.05, 0.1) is 23.7 Å². The molecule has 3 atom stereocenters. The van der Waals surface area contributed by atoms with Gasteiger partial charge in [0.15, 0.2) is 5.82 Å². The lowest BCUT2D eigenvalue weighted by atomic mass is 10.1. The van der Waals surface area contributed by atoms with Crippen molar-refractivity contribution in [3.63, 3.8) is 0 Å². The van der Waals surface area contributed by atoms with E-state index in [9.17, 15) is 13.8 Å². The van der Waals surface area contributed by atoms with Crippen LogP contribution in [0.1, 0.15) is 37.6 Å². The topological polar surface area (TPSA) is 134 Å². The molecule has 0 spiro atoms. The second-order valence-corrected chi connectivity index (χ2v) is 9.60. The highest BCUT2D eigenvalue weighted by Gasteiger charge is 2.31. The molecule has 1 amide bonds. The molecule has 0 radical (unpaired) electrons. The van der Waals surface area contributed by atoms with Gasteiger partial charge < -0.3 is 24.8 Å². The second kappa shape index (κ2) is 8.02. The monoisotopic (exact) mass is 433 g/mol. The van der Waals surface area contributed by atoms with E-state index in [2.05, 4.69) is 25.6 Å². The molecule has 2 aliphatic rings. The van der Waals surface area contributed by atoms with Gasteiger partial charge >= 0.3 is 6.09 Å². The number of ether oxygens (including phenoxy) is 2. The van der Waals surface area contributed by atoms with Crippen molar-refractivity contribution in [2.24, 2.45) is 0 Å². The Kier molecular flexibility index (Phi) is 5.42. The van der Waals surface area contributed by atoms with E-state index < -0.39 is 15.8 Å². The minimum absolute atomic E-state index is 0.00916. The molecule has 1 saturated heterocycles. The van der Waals surface area contributed by atoms with Crippen molar-refractivity contribution in [1.82, 2.24) is 15.5 Å². The molecular formula is C19H23N5O5S. The van der Waals surface area contributed by atoms with Gasteiger partial charge in [0.25, 0.3) is 0 Å². The van der Waals surface area contributed by atoms with Crippen LogP contribution in [0.4, 0.5) is 22.0 Å². The number of benzene rings is 1. The number of fused-ring (bicyclic) bond motifs is 1. The summed E-state index contributed by atoms with van der Waals surface area (Å²) in [7, 11) is -2.83. The molecule has 0 saturated carbocycles. The molecule has 1 aromatic heterocycles. The van der Waals surface area contributed by atoms with E-state index >= 15 is 0 Å². The molecule has 11 heteroatoms. The number of amides is 1. The Bertz CT molecular complexity index is 1100. The van der Waals surface area contributed by atoms with Crippen molar-refractivity contribution in [3.8, 4) is 0 Å². The fraction of sp³-hybridized carbons (Fsp3) is 0.421. The molecule has 0 bridgehead atoms. The lowest BCUT2D eigenvalue weighted by Gasteiger charge is -2.13. The molecule has 10 nitrogen and oxygen atoms in total. The normalized spacial score (nSPS) is 24.8. The molecule has 4 rings (SSSR count). The zero-order valence-electron chi connectivity index (χ0n) is 16.6. The molecule has 160 valence electrons. The number of nitrogens with one attached hydrogen (secondary N) is 4. The summed E-state index contributed by atoms with van der Waals surface area (Å²) in [6.45, 7) is 4.05. The first kappa shape index (κ1) is 20.3. The second-order valence-electron chi connectivity index (χ2n) is 7.59. The summed E-state index contributed by atoms with van der Waals surface area (Å²) in [4.78, 5) is 22.6. The van der Waals surface area contributed by atoms with E-state index in [-0.39, 0.29) is 24.0 Å². The highest BCUT2D eigenvalue weighted by atomic mass is 32.2. The summed E-state index contributed by atoms with van der Waals surface area (Å²) < 4.78 is 26.0. The van der Waals surface area contributed by atoms with E-state index in [4.69, 9.17) is 9.47 Å². The number of H-pyrrole nitrogens is 1. The standard InChI is InChI=1S/C19H23N5O5S/c1-11(2)20-19(26)29-14-6-17(28-8-14)16-7-18(23-22-16)21-13-3-4-15-12(5-13)9-30(27,10-25)24-15/h3-5,7,11,14,17H,6,8-9H2,1-2H3,(H,20,26)(H,24,27)(H2,21,22,23)/t14-,17-,30?/m1/s1. The number of alkyl carbamates (subject to hydrolysis) is 1. The summed E-state index contributed by atoms with van der Waals surface area (Å²) >= 11 is 0. The number of hydrogen-bond acceptors (Lipinski definition) is 7. The Balaban J connectivity index is 1.37. The largest absolute Gasteiger partial charge is 0.444 e. The van der Waals surface area contributed by atoms with Gasteiger partial charge in [0, 0.05) is 24.2 Å². The quantitative estimate of drug-likeness (QED) is 0.532. The SMILES string of the molecule is CC(C)NC(=O)O[C@H]1CO[C@@H](c2cc(Nc3ccc4c(c3)CS(=O)(=C=O)N4)n[nH]2)C1. The van der Waals surface area contributed by atoms with Crippen LogP contribution in [0, 0.1) is 0 Å². The van der Waals surface area contributed by atoms with E-state index in [0.29, 0.717) is 24.5 Å². The third-order valence-corrected chi connectivity index (χ3v) is 6.27. The lowest BCUT2D eigenvalue weighted by molar-refractivity contribution is 0.0682. The van der Waals surface area contributed by atoms with Crippen LogP contribution in [0.25, 0.3) is 0 Å². The van der Waals surface area contributed by atoms with Crippen LogP contribution in [-0.2, 0) is 29.7 Å². The Labute approximate surface area is 173 Å². The van der Waals surface area contributed by atoms with Crippen LogP contribution < -0.4 is 15.4 Å². The molecule has 2 aromatic rings. The third-order valence-electron chi connectivity index (χ3n) is 4.73. The molecule has 3 heterocycles. The number of hydrogen-bond donors (Lipinski definition) is 4. The van der Waals surface area contributed by atoms with Crippen molar-refractivity contribution >= 4 is 38.2 Å². The number of rotatable bonds is 5. The maximum Gasteiger partial charge on any atom is 0.407 e. The van der Waals surface area contributed by atoms with Gasteiger partial charge in [-0.1, -0.05) is 0 Å². The molecule has 0 aliphatic carbocycles. The first-order chi connectivity index (χ1) is 14.3. The van der Waals surface area contributed by atoms with Crippen LogP contribution in [0.2, 0.25) is 0 Å². The van der Waals surface area contributed by atoms with Gasteiger partial charge in [0.2, 0.25) is 5.23 Å². The number of carbonyl (C=O) groups excluding carboxylic acids is 2. The average Bonchev–Trinajstić information content (AvgIpc) is 3.39. The van der Waals surface area contributed by atoms with Crippen LogP contribution in [0.5, 0.6) is 0 Å².